The molecule has 0 saturated heterocycles. The maximum absolute atomic E-state index is 11.8. The van der Waals surface area contributed by atoms with Gasteiger partial charge in [0.25, 0.3) is 0 Å². The third-order valence-corrected chi connectivity index (χ3v) is 2.98. The Kier molecular flexibility index (Phi) is 4.82. The zero-order valence-electron chi connectivity index (χ0n) is 9.54. The fraction of sp³-hybridized carbons (Fsp3) is 0.750. The second-order valence-electron chi connectivity index (χ2n) is 4.29. The predicted octanol–water partition coefficient (Wildman–Crippen LogP) is 1.72. The van der Waals surface area contributed by atoms with Gasteiger partial charge in [-0.1, -0.05) is 25.8 Å². The lowest BCUT2D eigenvalue weighted by Crippen LogP contribution is -2.43. The van der Waals surface area contributed by atoms with Crippen molar-refractivity contribution >= 4 is 5.91 Å². The highest BCUT2D eigenvalue weighted by molar-refractivity contribution is 5.92. The standard InChI is InChI=1S/C12H21NO2/c1-10(2)12(15)13(8-9-14)11-6-4-3-5-7-11/h11,14H,1,3-9H2,2H3. The van der Waals surface area contributed by atoms with Crippen molar-refractivity contribution in [2.24, 2.45) is 0 Å². The van der Waals surface area contributed by atoms with Gasteiger partial charge in [-0.25, -0.2) is 0 Å². The van der Waals surface area contributed by atoms with Crippen LogP contribution in [0.3, 0.4) is 0 Å². The monoisotopic (exact) mass is 211 g/mol. The molecule has 0 aliphatic heterocycles. The molecule has 1 N–H and O–H groups in total. The molecule has 1 amide bonds. The molecule has 0 spiro atoms. The summed E-state index contributed by atoms with van der Waals surface area (Å²) in [5.41, 5.74) is 0.564. The molecule has 1 aliphatic carbocycles. The van der Waals surface area contributed by atoms with Crippen molar-refractivity contribution in [3.05, 3.63) is 12.2 Å². The van der Waals surface area contributed by atoms with Crippen molar-refractivity contribution in [2.75, 3.05) is 13.2 Å². The van der Waals surface area contributed by atoms with Crippen LogP contribution in [-0.2, 0) is 4.79 Å². The lowest BCUT2D eigenvalue weighted by atomic mass is 9.94. The van der Waals surface area contributed by atoms with Crippen molar-refractivity contribution in [3.8, 4) is 0 Å². The van der Waals surface area contributed by atoms with E-state index >= 15 is 0 Å². The average molecular weight is 211 g/mol. The van der Waals surface area contributed by atoms with Gasteiger partial charge in [-0.05, 0) is 19.8 Å². The number of hydrogen-bond acceptors (Lipinski definition) is 2. The fourth-order valence-corrected chi connectivity index (χ4v) is 2.20. The van der Waals surface area contributed by atoms with Crippen molar-refractivity contribution in [1.82, 2.24) is 4.90 Å². The molecule has 15 heavy (non-hydrogen) atoms. The summed E-state index contributed by atoms with van der Waals surface area (Å²) in [5, 5.41) is 8.97. The van der Waals surface area contributed by atoms with Gasteiger partial charge in [0.15, 0.2) is 0 Å². The van der Waals surface area contributed by atoms with Gasteiger partial charge in [0.1, 0.15) is 0 Å². The molecule has 0 aromatic carbocycles. The third kappa shape index (κ3) is 3.34. The first kappa shape index (κ1) is 12.2. The lowest BCUT2D eigenvalue weighted by Gasteiger charge is -2.34. The molecule has 0 heterocycles. The fourth-order valence-electron chi connectivity index (χ4n) is 2.20. The van der Waals surface area contributed by atoms with Crippen LogP contribution in [0.4, 0.5) is 0 Å². The van der Waals surface area contributed by atoms with Gasteiger partial charge in [-0.15, -0.1) is 0 Å². The molecule has 0 aromatic heterocycles. The largest absolute Gasteiger partial charge is 0.395 e. The molecule has 86 valence electrons. The van der Waals surface area contributed by atoms with Crippen LogP contribution in [0.2, 0.25) is 0 Å². The van der Waals surface area contributed by atoms with Crippen LogP contribution in [0.25, 0.3) is 0 Å². The van der Waals surface area contributed by atoms with E-state index in [0.717, 1.165) is 12.8 Å². The van der Waals surface area contributed by atoms with E-state index in [1.54, 1.807) is 11.8 Å². The van der Waals surface area contributed by atoms with Crippen molar-refractivity contribution in [1.29, 1.82) is 0 Å². The topological polar surface area (TPSA) is 40.5 Å². The van der Waals surface area contributed by atoms with E-state index in [0.29, 0.717) is 18.2 Å². The normalized spacial score (nSPS) is 17.5. The van der Waals surface area contributed by atoms with Gasteiger partial charge in [-0.2, -0.15) is 0 Å². The zero-order valence-corrected chi connectivity index (χ0v) is 9.54. The minimum Gasteiger partial charge on any atom is -0.395 e. The molecule has 0 bridgehead atoms. The Balaban J connectivity index is 2.62. The maximum Gasteiger partial charge on any atom is 0.249 e. The summed E-state index contributed by atoms with van der Waals surface area (Å²) < 4.78 is 0. The van der Waals surface area contributed by atoms with Crippen LogP contribution < -0.4 is 0 Å². The summed E-state index contributed by atoms with van der Waals surface area (Å²) >= 11 is 0. The Morgan fingerprint density at radius 3 is 2.47 bits per heavy atom. The highest BCUT2D eigenvalue weighted by Crippen LogP contribution is 2.23. The molecule has 1 rings (SSSR count). The maximum atomic E-state index is 11.8. The minimum absolute atomic E-state index is 0.00375. The van der Waals surface area contributed by atoms with Gasteiger partial charge in [0, 0.05) is 18.2 Å². The van der Waals surface area contributed by atoms with Crippen molar-refractivity contribution in [3.63, 3.8) is 0 Å². The van der Waals surface area contributed by atoms with Gasteiger partial charge in [-0.3, -0.25) is 4.79 Å². The first-order valence-electron chi connectivity index (χ1n) is 5.74. The molecule has 1 saturated carbocycles. The van der Waals surface area contributed by atoms with Crippen LogP contribution in [0.5, 0.6) is 0 Å². The Hall–Kier alpha value is -0.830. The number of hydrogen-bond donors (Lipinski definition) is 1. The molecule has 3 heteroatoms. The van der Waals surface area contributed by atoms with Crippen molar-refractivity contribution in [2.45, 2.75) is 45.1 Å². The Morgan fingerprint density at radius 1 is 1.40 bits per heavy atom. The number of carbonyl (C=O) groups is 1. The van der Waals surface area contributed by atoms with Crippen molar-refractivity contribution < 1.29 is 9.90 Å². The van der Waals surface area contributed by atoms with Crippen LogP contribution in [0.15, 0.2) is 12.2 Å². The quantitative estimate of drug-likeness (QED) is 0.719. The van der Waals surface area contributed by atoms with E-state index in [1.165, 1.54) is 19.3 Å². The van der Waals surface area contributed by atoms with Crippen LogP contribution >= 0.6 is 0 Å². The molecule has 0 radical (unpaired) electrons. The molecular formula is C12H21NO2. The summed E-state index contributed by atoms with van der Waals surface area (Å²) in [6, 6.07) is 0.315. The number of aliphatic hydroxyl groups excluding tert-OH is 1. The van der Waals surface area contributed by atoms with E-state index in [2.05, 4.69) is 6.58 Å². The summed E-state index contributed by atoms with van der Waals surface area (Å²) in [7, 11) is 0. The summed E-state index contributed by atoms with van der Waals surface area (Å²) in [6.07, 6.45) is 5.79. The number of amides is 1. The molecule has 0 aromatic rings. The molecule has 1 fully saturated rings. The van der Waals surface area contributed by atoms with E-state index in [9.17, 15) is 4.79 Å². The number of carbonyl (C=O) groups excluding carboxylic acids is 1. The molecule has 0 atom stereocenters. The second-order valence-corrected chi connectivity index (χ2v) is 4.29. The highest BCUT2D eigenvalue weighted by atomic mass is 16.3. The summed E-state index contributed by atoms with van der Waals surface area (Å²) in [6.45, 7) is 5.89. The van der Waals surface area contributed by atoms with E-state index in [-0.39, 0.29) is 12.5 Å². The number of aliphatic hydroxyl groups is 1. The van der Waals surface area contributed by atoms with E-state index < -0.39 is 0 Å². The van der Waals surface area contributed by atoms with E-state index in [1.807, 2.05) is 0 Å². The van der Waals surface area contributed by atoms with Gasteiger partial charge >= 0.3 is 0 Å². The Bertz CT molecular complexity index is 232. The smallest absolute Gasteiger partial charge is 0.249 e. The molecule has 3 nitrogen and oxygen atoms in total. The SMILES string of the molecule is C=C(C)C(=O)N(CCO)C1CCCCC1. The third-order valence-electron chi connectivity index (χ3n) is 2.98. The van der Waals surface area contributed by atoms with Crippen LogP contribution in [0.1, 0.15) is 39.0 Å². The first-order valence-corrected chi connectivity index (χ1v) is 5.74. The minimum atomic E-state index is -0.00375. The highest BCUT2D eigenvalue weighted by Gasteiger charge is 2.24. The average Bonchev–Trinajstić information content (AvgIpc) is 2.26. The Morgan fingerprint density at radius 2 is 2.00 bits per heavy atom. The zero-order chi connectivity index (χ0) is 11.3. The van der Waals surface area contributed by atoms with Crippen LogP contribution in [0, 0.1) is 0 Å². The summed E-state index contributed by atoms with van der Waals surface area (Å²) in [4.78, 5) is 13.6. The predicted molar refractivity (Wildman–Crippen MR) is 60.5 cm³/mol. The van der Waals surface area contributed by atoms with Gasteiger partial charge in [0.2, 0.25) is 5.91 Å². The first-order chi connectivity index (χ1) is 7.16. The Labute approximate surface area is 91.8 Å². The molecule has 0 unspecified atom stereocenters. The second kappa shape index (κ2) is 5.91. The van der Waals surface area contributed by atoms with Gasteiger partial charge in [0.05, 0.1) is 6.61 Å². The number of nitrogens with zero attached hydrogens (tertiary/aromatic N) is 1. The van der Waals surface area contributed by atoms with Crippen LogP contribution in [-0.4, -0.2) is 35.1 Å². The van der Waals surface area contributed by atoms with Gasteiger partial charge < -0.3 is 10.0 Å². The number of rotatable bonds is 4. The molecule has 1 aliphatic rings. The lowest BCUT2D eigenvalue weighted by molar-refractivity contribution is -0.130. The molecular weight excluding hydrogens is 190 g/mol. The summed E-state index contributed by atoms with van der Waals surface area (Å²) in [5.74, 6) is -0.00375. The van der Waals surface area contributed by atoms with E-state index in [4.69, 9.17) is 5.11 Å².